The van der Waals surface area contributed by atoms with Crippen LogP contribution in [0.1, 0.15) is 30.9 Å². The van der Waals surface area contributed by atoms with Crippen LogP contribution in [-0.4, -0.2) is 50.7 Å². The molecular weight excluding hydrogens is 478 g/mol. The molecule has 0 saturated heterocycles. The summed E-state index contributed by atoms with van der Waals surface area (Å²) in [6.45, 7) is 2.16. The Kier molecular flexibility index (Phi) is 15.4. The van der Waals surface area contributed by atoms with Crippen LogP contribution in [0.2, 0.25) is 0 Å². The zero-order valence-corrected chi connectivity index (χ0v) is 25.7. The topological polar surface area (TPSA) is 111 Å². The van der Waals surface area contributed by atoms with Crippen molar-refractivity contribution in [2.45, 2.75) is 19.8 Å². The minimum atomic E-state index is -1.13. The molecule has 1 aliphatic carbocycles. The third-order valence-corrected chi connectivity index (χ3v) is 5.74. The van der Waals surface area contributed by atoms with E-state index in [1.165, 1.54) is 0 Å². The van der Waals surface area contributed by atoms with Crippen molar-refractivity contribution in [2.24, 2.45) is 5.92 Å². The number of allylic oxidation sites excluding steroid dienone is 2. The smallest absolute Gasteiger partial charge is 0.870 e. The van der Waals surface area contributed by atoms with E-state index in [-0.39, 0.29) is 83.5 Å². The van der Waals surface area contributed by atoms with Crippen LogP contribution in [0.25, 0.3) is 12.2 Å². The first kappa shape index (κ1) is 34.3. The van der Waals surface area contributed by atoms with Gasteiger partial charge in [0.15, 0.2) is 5.78 Å². The Morgan fingerprint density at radius 2 is 1.33 bits per heavy atom. The largest absolute Gasteiger partial charge is 1.00 e. The van der Waals surface area contributed by atoms with Gasteiger partial charge in [0.25, 0.3) is 0 Å². The van der Waals surface area contributed by atoms with E-state index in [1.807, 2.05) is 74.0 Å². The van der Waals surface area contributed by atoms with E-state index in [0.717, 1.165) is 40.1 Å². The number of aliphatic carboxylic acids is 1. The van der Waals surface area contributed by atoms with Gasteiger partial charge in [-0.1, -0.05) is 37.7 Å². The summed E-state index contributed by atoms with van der Waals surface area (Å²) in [4.78, 5) is 38.0. The Morgan fingerprint density at radius 3 is 1.72 bits per heavy atom. The van der Waals surface area contributed by atoms with Gasteiger partial charge in [0.1, 0.15) is 0 Å². The van der Waals surface area contributed by atoms with E-state index in [1.54, 1.807) is 16.8 Å². The van der Waals surface area contributed by atoms with Crippen molar-refractivity contribution in [3.63, 3.8) is 0 Å². The molecule has 3 rings (SSSR count). The van der Waals surface area contributed by atoms with Gasteiger partial charge in [-0.25, -0.2) is 6.29 Å². The molecule has 180 valence electrons. The number of Topliss-reactive ketones (excluding diaryl/α,β-unsaturated/α-hetero) is 1. The molecule has 0 heterocycles. The standard InChI is InChI=1S/C27H29N2O4.2Na.H2O/c1-19-14-22(16-20-4-8-24(9-5-20)28(2)12-13-30)27(33)23(15-19)17-21-6-10-25(11-7-21)29(3)18-26(31)32;;;/h4-11,16-17,19H,12,14-15,18H2,1-3H3,(H,31,32);;;1H2/q-1;2*+1;/p-2/b22-16+,23-17+;;;. The molecule has 7 nitrogen and oxygen atoms in total. The molecule has 0 spiro atoms. The van der Waals surface area contributed by atoms with Gasteiger partial charge in [-0.15, -0.1) is 0 Å². The molecule has 0 radical (unpaired) electrons. The number of hydrogen-bond donors (Lipinski definition) is 0. The number of carbonyl (C=O) groups is 2. The van der Waals surface area contributed by atoms with E-state index in [9.17, 15) is 19.5 Å². The Morgan fingerprint density at radius 1 is 0.917 bits per heavy atom. The number of nitrogens with zero attached hydrogens (tertiary/aromatic N) is 2. The van der Waals surface area contributed by atoms with E-state index < -0.39 is 5.97 Å². The molecule has 1 atom stereocenters. The molecule has 9 heteroatoms. The van der Waals surface area contributed by atoms with Gasteiger partial charge >= 0.3 is 59.1 Å². The van der Waals surface area contributed by atoms with Crippen LogP contribution in [-0.2, 0) is 14.4 Å². The fourth-order valence-electron chi connectivity index (χ4n) is 3.99. The zero-order chi connectivity index (χ0) is 24.0. The summed E-state index contributed by atoms with van der Waals surface area (Å²) in [5, 5.41) is 10.8. The maximum Gasteiger partial charge on any atom is 1.00 e. The number of carbonyl (C=O) groups excluding carboxylic acids is 3. The summed E-state index contributed by atoms with van der Waals surface area (Å²) in [6, 6.07) is 15.2. The number of hydrogen-bond acceptors (Lipinski definition) is 7. The number of benzene rings is 2. The van der Waals surface area contributed by atoms with Gasteiger partial charge < -0.3 is 30.0 Å². The molecule has 1 unspecified atom stereocenters. The molecule has 0 amide bonds. The molecule has 1 saturated carbocycles. The minimum absolute atomic E-state index is 0. The number of ketones is 1. The molecule has 0 aliphatic heterocycles. The molecule has 0 bridgehead atoms. The van der Waals surface area contributed by atoms with Crippen molar-refractivity contribution in [3.05, 3.63) is 70.8 Å². The first-order valence-electron chi connectivity index (χ1n) is 10.9. The molecule has 1 N–H and O–H groups in total. The molecule has 1 aliphatic rings. The van der Waals surface area contributed by atoms with Crippen molar-refractivity contribution in [1.82, 2.24) is 0 Å². The van der Waals surface area contributed by atoms with E-state index in [2.05, 4.69) is 6.92 Å². The monoisotopic (exact) mass is 507 g/mol. The fourth-order valence-corrected chi connectivity index (χ4v) is 3.99. The average molecular weight is 508 g/mol. The van der Waals surface area contributed by atoms with Gasteiger partial charge in [0.05, 0.1) is 12.5 Å². The molecule has 2 aromatic rings. The van der Waals surface area contributed by atoms with Crippen LogP contribution in [0, 0.1) is 5.92 Å². The number of anilines is 2. The van der Waals surface area contributed by atoms with Crippen LogP contribution in [0.15, 0.2) is 59.7 Å². The van der Waals surface area contributed by atoms with Crippen molar-refractivity contribution < 1.29 is 84.1 Å². The fraction of sp³-hybridized carbons (Fsp3) is 0.296. The zero-order valence-electron chi connectivity index (χ0n) is 21.7. The molecule has 0 aromatic heterocycles. The first-order valence-corrected chi connectivity index (χ1v) is 10.9. The molecular formula is C27H29N2Na2O5-. The summed E-state index contributed by atoms with van der Waals surface area (Å²) >= 11 is 0. The Bertz CT molecular complexity index is 1080. The molecule has 36 heavy (non-hydrogen) atoms. The van der Waals surface area contributed by atoms with E-state index in [0.29, 0.717) is 12.3 Å². The quantitative estimate of drug-likeness (QED) is 0.209. The van der Waals surface area contributed by atoms with Crippen LogP contribution < -0.4 is 74.0 Å². The van der Waals surface area contributed by atoms with Crippen LogP contribution >= 0.6 is 0 Å². The Labute approximate surface area is 257 Å². The predicted molar refractivity (Wildman–Crippen MR) is 131 cm³/mol. The Hall–Kier alpha value is -1.71. The summed E-state index contributed by atoms with van der Waals surface area (Å²) < 4.78 is 0. The number of rotatable bonds is 8. The second kappa shape index (κ2) is 16.2. The predicted octanol–water partition coefficient (Wildman–Crippen LogP) is -3.28. The van der Waals surface area contributed by atoms with E-state index in [4.69, 9.17) is 0 Å². The minimum Gasteiger partial charge on any atom is -0.870 e. The van der Waals surface area contributed by atoms with Crippen molar-refractivity contribution in [2.75, 3.05) is 37.0 Å². The van der Waals surface area contributed by atoms with Crippen molar-refractivity contribution in [3.8, 4) is 0 Å². The summed E-state index contributed by atoms with van der Waals surface area (Å²) in [5.74, 6) is -0.726. The number of carboxylic acids is 1. The maximum absolute atomic E-state index is 13.2. The van der Waals surface area contributed by atoms with Crippen molar-refractivity contribution >= 4 is 41.6 Å². The van der Waals surface area contributed by atoms with Gasteiger partial charge in [0, 0.05) is 36.6 Å². The summed E-state index contributed by atoms with van der Waals surface area (Å²) in [6.07, 6.45) is 7.19. The van der Waals surface area contributed by atoms with Crippen molar-refractivity contribution in [1.29, 1.82) is 0 Å². The first-order chi connectivity index (χ1) is 15.8. The second-order valence-corrected chi connectivity index (χ2v) is 8.59. The van der Waals surface area contributed by atoms with Crippen LogP contribution in [0.4, 0.5) is 11.4 Å². The van der Waals surface area contributed by atoms with Gasteiger partial charge in [0.2, 0.25) is 0 Å². The number of carboxylic acid groups (broad SMARTS) is 1. The van der Waals surface area contributed by atoms with Crippen LogP contribution in [0.5, 0.6) is 0 Å². The van der Waals surface area contributed by atoms with Gasteiger partial charge in [-0.2, -0.15) is 0 Å². The average Bonchev–Trinajstić information content (AvgIpc) is 2.77. The maximum atomic E-state index is 13.2. The van der Waals surface area contributed by atoms with Crippen LogP contribution in [0.3, 0.4) is 0 Å². The second-order valence-electron chi connectivity index (χ2n) is 8.59. The normalized spacial score (nSPS) is 16.9. The number of likely N-dealkylation sites (N-methyl/N-ethyl adjacent to an activating group) is 2. The van der Waals surface area contributed by atoms with Gasteiger partial charge in [-0.05, 0) is 66.3 Å². The SMILES string of the molecule is CC1C/C(=C\c2ccc(N(C)C[C-]=O)cc2)C(=O)/C(=C/c2ccc(N(C)CC(=O)[O-])cc2)C1.[Na+].[Na+].[OH-]. The summed E-state index contributed by atoms with van der Waals surface area (Å²) in [5.41, 5.74) is 5.08. The molecule has 1 fully saturated rings. The third-order valence-electron chi connectivity index (χ3n) is 5.74. The van der Waals surface area contributed by atoms with Gasteiger partial charge in [-0.3, -0.25) is 4.79 Å². The molecule has 2 aromatic carbocycles. The summed E-state index contributed by atoms with van der Waals surface area (Å²) in [7, 11) is 3.52. The van der Waals surface area contributed by atoms with E-state index >= 15 is 0 Å². The third kappa shape index (κ3) is 9.63. The Balaban J connectivity index is 0.00000408.